The first-order chi connectivity index (χ1) is 25.8. The first-order valence-electron chi connectivity index (χ1n) is 18.7. The highest BCUT2D eigenvalue weighted by Crippen LogP contribution is 2.45. The van der Waals surface area contributed by atoms with Gasteiger partial charge in [0, 0.05) is 10.8 Å². The summed E-state index contributed by atoms with van der Waals surface area (Å²) in [5.41, 5.74) is 7.03. The summed E-state index contributed by atoms with van der Waals surface area (Å²) in [6.45, 7) is 0. The summed E-state index contributed by atoms with van der Waals surface area (Å²) in [5, 5.41) is 8.31. The van der Waals surface area contributed by atoms with E-state index in [2.05, 4.69) is 115 Å². The number of benzene rings is 9. The third-order valence-corrected chi connectivity index (χ3v) is 9.38. The lowest BCUT2D eigenvalue weighted by atomic mass is 9.85. The first-order valence-corrected chi connectivity index (χ1v) is 15.7. The molecule has 0 aliphatic rings. The largest absolute Gasteiger partial charge is 0.456 e. The zero-order chi connectivity index (χ0) is 36.1. The van der Waals surface area contributed by atoms with Crippen LogP contribution in [0.15, 0.2) is 174 Å². The zero-order valence-electron chi connectivity index (χ0n) is 31.1. The molecule has 1 heterocycles. The van der Waals surface area contributed by atoms with Crippen molar-refractivity contribution >= 4 is 65.0 Å². The van der Waals surface area contributed by atoms with Gasteiger partial charge in [-0.25, -0.2) is 0 Å². The maximum atomic E-state index is 8.79. The third kappa shape index (κ3) is 4.03. The molecule has 0 N–H and O–H groups in total. The molecule has 0 aliphatic carbocycles. The molecule has 0 unspecified atom stereocenters. The van der Waals surface area contributed by atoms with Gasteiger partial charge in [0.1, 0.15) is 11.2 Å². The van der Waals surface area contributed by atoms with E-state index in [9.17, 15) is 0 Å². The first kappa shape index (κ1) is 20.8. The van der Waals surface area contributed by atoms with Gasteiger partial charge in [0.2, 0.25) is 0 Å². The van der Waals surface area contributed by atoms with Crippen LogP contribution in [0.3, 0.4) is 0 Å². The minimum Gasteiger partial charge on any atom is -0.456 e. The second-order valence-corrected chi connectivity index (χ2v) is 12.0. The van der Waals surface area contributed by atoms with E-state index in [1.807, 2.05) is 18.2 Å². The molecule has 0 aliphatic heterocycles. The van der Waals surface area contributed by atoms with Crippen LogP contribution < -0.4 is 0 Å². The van der Waals surface area contributed by atoms with Crippen LogP contribution in [-0.4, -0.2) is 0 Å². The van der Waals surface area contributed by atoms with Gasteiger partial charge in [0.05, 0.1) is 8.22 Å². The van der Waals surface area contributed by atoms with E-state index in [0.717, 1.165) is 33.0 Å². The summed E-state index contributed by atoms with van der Waals surface area (Å²) in [5.74, 6) is 0. The molecule has 10 rings (SSSR count). The molecule has 0 atom stereocenters. The fraction of sp³-hybridized carbons (Fsp3) is 0. The number of furan rings is 1. The van der Waals surface area contributed by atoms with Crippen LogP contribution in [0.1, 0.15) is 8.22 Å². The van der Waals surface area contributed by atoms with E-state index in [1.165, 1.54) is 32.7 Å². The van der Waals surface area contributed by atoms with Crippen molar-refractivity contribution in [3.05, 3.63) is 170 Å². The van der Waals surface area contributed by atoms with Gasteiger partial charge >= 0.3 is 0 Å². The molecule has 1 nitrogen and oxygen atoms in total. The Morgan fingerprint density at radius 2 is 0.979 bits per heavy atom. The number of hydrogen-bond donors (Lipinski definition) is 0. The van der Waals surface area contributed by atoms with Crippen molar-refractivity contribution in [1.29, 1.82) is 0 Å². The van der Waals surface area contributed by atoms with Crippen molar-refractivity contribution in [3.8, 4) is 33.4 Å². The molecule has 0 fully saturated rings. The van der Waals surface area contributed by atoms with Gasteiger partial charge in [-0.05, 0) is 107 Å². The van der Waals surface area contributed by atoms with Crippen molar-refractivity contribution < 1.29 is 12.6 Å². The molecular weight excluding hydrogens is 569 g/mol. The second-order valence-electron chi connectivity index (χ2n) is 12.0. The van der Waals surface area contributed by atoms with Crippen molar-refractivity contribution in [1.82, 2.24) is 0 Å². The molecule has 9 aromatic carbocycles. The van der Waals surface area contributed by atoms with E-state index >= 15 is 0 Å². The monoisotopic (exact) mass is 602 g/mol. The Morgan fingerprint density at radius 3 is 1.74 bits per heavy atom. The van der Waals surface area contributed by atoms with E-state index in [0.29, 0.717) is 16.4 Å². The van der Waals surface area contributed by atoms with Crippen LogP contribution in [0.4, 0.5) is 0 Å². The van der Waals surface area contributed by atoms with Gasteiger partial charge in [-0.1, -0.05) is 139 Å². The average Bonchev–Trinajstić information content (AvgIpc) is 3.58. The van der Waals surface area contributed by atoms with Crippen LogP contribution in [0, 0.1) is 0 Å². The lowest BCUT2D eigenvalue weighted by Crippen LogP contribution is -1.91. The van der Waals surface area contributed by atoms with E-state index in [1.54, 1.807) is 0 Å². The number of fused-ring (bicyclic) bond motifs is 8. The van der Waals surface area contributed by atoms with E-state index < -0.39 is 6.04 Å². The van der Waals surface area contributed by atoms with Crippen LogP contribution >= 0.6 is 0 Å². The quantitative estimate of drug-likeness (QED) is 0.183. The molecule has 10 aromatic rings. The normalized spacial score (nSPS) is 13.6. The highest BCUT2D eigenvalue weighted by Gasteiger charge is 2.18. The molecular formula is C46H28O. The van der Waals surface area contributed by atoms with Gasteiger partial charge in [-0.2, -0.15) is 0 Å². The Balaban J connectivity index is 1.21. The van der Waals surface area contributed by atoms with Gasteiger partial charge in [0.25, 0.3) is 0 Å². The summed E-state index contributed by atoms with van der Waals surface area (Å²) in [7, 11) is 0. The minimum atomic E-state index is -0.426. The highest BCUT2D eigenvalue weighted by molar-refractivity contribution is 6.22. The maximum absolute atomic E-state index is 8.79. The summed E-state index contributed by atoms with van der Waals surface area (Å²) in [4.78, 5) is 0. The predicted molar refractivity (Wildman–Crippen MR) is 200 cm³/mol. The fourth-order valence-electron chi connectivity index (χ4n) is 7.28. The molecule has 47 heavy (non-hydrogen) atoms. The Bertz CT molecular complexity index is 3140. The number of hydrogen-bond acceptors (Lipinski definition) is 1. The number of rotatable bonds is 3. The Hall–Kier alpha value is -6.18. The molecule has 0 saturated carbocycles. The van der Waals surface area contributed by atoms with Crippen LogP contribution in [0.2, 0.25) is 0 Å². The third-order valence-electron chi connectivity index (χ3n) is 9.38. The Kier molecular flexibility index (Phi) is 4.49. The topological polar surface area (TPSA) is 13.1 Å². The summed E-state index contributed by atoms with van der Waals surface area (Å²) in [6.07, 6.45) is 0. The van der Waals surface area contributed by atoms with Crippen molar-refractivity contribution in [2.45, 2.75) is 0 Å². The highest BCUT2D eigenvalue weighted by atomic mass is 16.3. The SMILES string of the molecule is [2H]c1c([2H])c([2H])c2c(c1[2H])c([2H])c([2H])c1oc3ccc(-c4cccc(-c5c6ccccc6c(-c6ccc7ccccc7c6)c6ccccc56)c4)cc3c12. The summed E-state index contributed by atoms with van der Waals surface area (Å²) < 4.78 is 57.5. The maximum Gasteiger partial charge on any atom is 0.136 e. The molecule has 1 heteroatoms. The molecule has 0 spiro atoms. The summed E-state index contributed by atoms with van der Waals surface area (Å²) >= 11 is 0. The Labute approximate surface area is 280 Å². The van der Waals surface area contributed by atoms with Crippen molar-refractivity contribution in [2.75, 3.05) is 0 Å². The van der Waals surface area contributed by atoms with Crippen LogP contribution in [-0.2, 0) is 0 Å². The molecule has 218 valence electrons. The molecule has 0 radical (unpaired) electrons. The van der Waals surface area contributed by atoms with Crippen LogP contribution in [0.25, 0.3) is 98.4 Å². The standard InChI is InChI=1S/C46H28O/c1-2-12-31-26-35(21-20-29(31)10-1)45-39-18-7-5-16-37(39)44(38-17-6-8-19-40(38)45)34-14-9-13-32(27-34)33-23-24-42-41(28-33)46-36-15-4-3-11-30(36)22-25-43(46)47-42/h1-28H/i3D,4D,11D,15D,22D,25D. The minimum absolute atomic E-state index is 0.0227. The smallest absolute Gasteiger partial charge is 0.136 e. The van der Waals surface area contributed by atoms with Crippen LogP contribution in [0.5, 0.6) is 0 Å². The lowest BCUT2D eigenvalue weighted by Gasteiger charge is -2.18. The lowest BCUT2D eigenvalue weighted by molar-refractivity contribution is 0.669. The Morgan fingerprint density at radius 1 is 0.362 bits per heavy atom. The average molecular weight is 603 g/mol. The molecule has 0 amide bonds. The van der Waals surface area contributed by atoms with E-state index in [4.69, 9.17) is 12.6 Å². The predicted octanol–water partition coefficient (Wildman–Crippen LogP) is 13.2. The second kappa shape index (κ2) is 10.2. The van der Waals surface area contributed by atoms with Crippen molar-refractivity contribution in [2.24, 2.45) is 0 Å². The molecule has 0 bridgehead atoms. The van der Waals surface area contributed by atoms with Gasteiger partial charge in [0.15, 0.2) is 0 Å². The van der Waals surface area contributed by atoms with Crippen molar-refractivity contribution in [3.63, 3.8) is 0 Å². The molecule has 1 aromatic heterocycles. The van der Waals surface area contributed by atoms with Gasteiger partial charge in [-0.3, -0.25) is 0 Å². The zero-order valence-corrected chi connectivity index (χ0v) is 25.1. The van der Waals surface area contributed by atoms with Gasteiger partial charge < -0.3 is 4.42 Å². The fourth-order valence-corrected chi connectivity index (χ4v) is 7.28. The van der Waals surface area contributed by atoms with Gasteiger partial charge in [-0.15, -0.1) is 0 Å². The molecule has 0 saturated heterocycles. The van der Waals surface area contributed by atoms with E-state index in [-0.39, 0.29) is 46.6 Å². The summed E-state index contributed by atoms with van der Waals surface area (Å²) in [6, 6.07) is 44.7.